The summed E-state index contributed by atoms with van der Waals surface area (Å²) in [5.74, 6) is 1.96. The molecule has 4 nitrogen and oxygen atoms in total. The van der Waals surface area contributed by atoms with E-state index < -0.39 is 0 Å². The van der Waals surface area contributed by atoms with Crippen molar-refractivity contribution in [1.82, 2.24) is 4.90 Å². The van der Waals surface area contributed by atoms with E-state index >= 15 is 0 Å². The quantitative estimate of drug-likeness (QED) is 0.712. The van der Waals surface area contributed by atoms with Crippen LogP contribution in [-0.2, 0) is 29.2 Å². The number of carbonyl (C=O) groups is 1. The van der Waals surface area contributed by atoms with Crippen molar-refractivity contribution in [3.63, 3.8) is 0 Å². The van der Waals surface area contributed by atoms with Crippen LogP contribution in [0.5, 0.6) is 5.75 Å². The number of methoxy groups -OCH3 is 1. The SMILES string of the molecule is COc1ccc2c(c1)CN(Cc1ccccc1COC=O)CCS2.Cl. The van der Waals surface area contributed by atoms with Crippen LogP contribution < -0.4 is 4.74 Å². The first kappa shape index (κ1) is 19.6. The van der Waals surface area contributed by atoms with Crippen molar-refractivity contribution < 1.29 is 14.3 Å². The third-order valence-electron chi connectivity index (χ3n) is 4.15. The Morgan fingerprint density at radius 3 is 2.76 bits per heavy atom. The largest absolute Gasteiger partial charge is 0.497 e. The first-order valence-electron chi connectivity index (χ1n) is 7.94. The van der Waals surface area contributed by atoms with E-state index in [0.29, 0.717) is 13.1 Å². The van der Waals surface area contributed by atoms with Gasteiger partial charge in [-0.05, 0) is 34.9 Å². The van der Waals surface area contributed by atoms with Crippen LogP contribution in [0.3, 0.4) is 0 Å². The van der Waals surface area contributed by atoms with Crippen molar-refractivity contribution in [2.24, 2.45) is 0 Å². The highest BCUT2D eigenvalue weighted by atomic mass is 35.5. The molecule has 1 aliphatic heterocycles. The van der Waals surface area contributed by atoms with Crippen LogP contribution in [0.4, 0.5) is 0 Å². The van der Waals surface area contributed by atoms with E-state index in [-0.39, 0.29) is 12.4 Å². The van der Waals surface area contributed by atoms with Gasteiger partial charge in [0, 0.05) is 30.3 Å². The minimum atomic E-state index is 0. The van der Waals surface area contributed by atoms with E-state index in [0.717, 1.165) is 36.7 Å². The first-order chi connectivity index (χ1) is 11.8. The number of carbonyl (C=O) groups excluding carboxylic acids is 1. The summed E-state index contributed by atoms with van der Waals surface area (Å²) in [5, 5.41) is 0. The van der Waals surface area contributed by atoms with Gasteiger partial charge in [-0.25, -0.2) is 0 Å². The van der Waals surface area contributed by atoms with Crippen LogP contribution in [0.1, 0.15) is 16.7 Å². The Morgan fingerprint density at radius 2 is 2.00 bits per heavy atom. The van der Waals surface area contributed by atoms with Gasteiger partial charge in [-0.2, -0.15) is 0 Å². The molecule has 0 spiro atoms. The van der Waals surface area contributed by atoms with Crippen LogP contribution in [0.2, 0.25) is 0 Å². The highest BCUT2D eigenvalue weighted by Gasteiger charge is 2.17. The van der Waals surface area contributed by atoms with Gasteiger partial charge in [0.25, 0.3) is 6.47 Å². The number of rotatable bonds is 6. The Labute approximate surface area is 158 Å². The third kappa shape index (κ3) is 5.14. The van der Waals surface area contributed by atoms with E-state index in [1.807, 2.05) is 36.0 Å². The molecular weight excluding hydrogens is 358 g/mol. The summed E-state index contributed by atoms with van der Waals surface area (Å²) >= 11 is 1.89. The molecular formula is C19H22ClNO3S. The molecule has 0 aliphatic carbocycles. The van der Waals surface area contributed by atoms with Gasteiger partial charge in [0.2, 0.25) is 0 Å². The lowest BCUT2D eigenvalue weighted by molar-refractivity contribution is -0.129. The maximum absolute atomic E-state index is 10.5. The predicted molar refractivity (Wildman–Crippen MR) is 102 cm³/mol. The van der Waals surface area contributed by atoms with E-state index in [2.05, 4.69) is 23.1 Å². The standard InChI is InChI=1S/C19H21NO3S.ClH/c1-22-18-6-7-19-17(10-18)12-20(8-9-24-19)11-15-4-2-3-5-16(15)13-23-14-21;/h2-7,10,14H,8-9,11-13H2,1H3;1H. The fraction of sp³-hybridized carbons (Fsp3) is 0.316. The van der Waals surface area contributed by atoms with Gasteiger partial charge in [0.05, 0.1) is 7.11 Å². The van der Waals surface area contributed by atoms with E-state index in [4.69, 9.17) is 9.47 Å². The second kappa shape index (κ2) is 9.70. The molecule has 0 amide bonds. The molecule has 1 heterocycles. The van der Waals surface area contributed by atoms with Gasteiger partial charge in [-0.3, -0.25) is 9.69 Å². The summed E-state index contributed by atoms with van der Waals surface area (Å²) in [6.07, 6.45) is 0. The first-order valence-corrected chi connectivity index (χ1v) is 8.93. The predicted octanol–water partition coefficient (Wildman–Crippen LogP) is 3.90. The minimum absolute atomic E-state index is 0. The highest BCUT2D eigenvalue weighted by molar-refractivity contribution is 7.99. The number of hydrogen-bond donors (Lipinski definition) is 0. The number of ether oxygens (including phenoxy) is 2. The summed E-state index contributed by atoms with van der Waals surface area (Å²) in [6.45, 7) is 3.58. The van der Waals surface area contributed by atoms with Crippen LogP contribution in [0.25, 0.3) is 0 Å². The zero-order valence-electron chi connectivity index (χ0n) is 14.1. The molecule has 0 fully saturated rings. The van der Waals surface area contributed by atoms with Gasteiger partial charge in [-0.1, -0.05) is 24.3 Å². The summed E-state index contributed by atoms with van der Waals surface area (Å²) < 4.78 is 10.3. The van der Waals surface area contributed by atoms with Crippen molar-refractivity contribution in [2.45, 2.75) is 24.6 Å². The molecule has 1 aliphatic rings. The van der Waals surface area contributed by atoms with E-state index in [9.17, 15) is 4.79 Å². The zero-order valence-corrected chi connectivity index (χ0v) is 15.8. The van der Waals surface area contributed by atoms with Gasteiger partial charge in [0.1, 0.15) is 12.4 Å². The number of nitrogens with zero attached hydrogens (tertiary/aromatic N) is 1. The average Bonchev–Trinajstić information content (AvgIpc) is 2.81. The Balaban J connectivity index is 0.00000225. The fourth-order valence-electron chi connectivity index (χ4n) is 2.90. The van der Waals surface area contributed by atoms with Gasteiger partial charge >= 0.3 is 0 Å². The van der Waals surface area contributed by atoms with Crippen LogP contribution >= 0.6 is 24.2 Å². The Hall–Kier alpha value is -1.69. The van der Waals surface area contributed by atoms with Gasteiger partial charge < -0.3 is 9.47 Å². The summed E-state index contributed by atoms with van der Waals surface area (Å²) in [4.78, 5) is 14.2. The highest BCUT2D eigenvalue weighted by Crippen LogP contribution is 2.31. The molecule has 3 rings (SSSR count). The molecule has 0 aromatic heterocycles. The fourth-order valence-corrected chi connectivity index (χ4v) is 3.95. The molecule has 2 aromatic rings. The van der Waals surface area contributed by atoms with Crippen molar-refractivity contribution in [3.8, 4) is 5.75 Å². The summed E-state index contributed by atoms with van der Waals surface area (Å²) in [5.41, 5.74) is 3.57. The van der Waals surface area contributed by atoms with E-state index in [1.54, 1.807) is 7.11 Å². The number of hydrogen-bond acceptors (Lipinski definition) is 5. The molecule has 0 bridgehead atoms. The smallest absolute Gasteiger partial charge is 0.293 e. The maximum atomic E-state index is 10.5. The van der Waals surface area contributed by atoms with Crippen LogP contribution in [0.15, 0.2) is 47.4 Å². The number of fused-ring (bicyclic) bond motifs is 1. The molecule has 0 unspecified atom stereocenters. The molecule has 0 N–H and O–H groups in total. The van der Waals surface area contributed by atoms with E-state index in [1.165, 1.54) is 16.0 Å². The normalized spacial score (nSPS) is 14.0. The zero-order chi connectivity index (χ0) is 16.8. The van der Waals surface area contributed by atoms with Crippen molar-refractivity contribution >= 4 is 30.6 Å². The van der Waals surface area contributed by atoms with Crippen LogP contribution in [0, 0.1) is 0 Å². The van der Waals surface area contributed by atoms with Crippen LogP contribution in [-0.4, -0.2) is 30.8 Å². The molecule has 0 saturated carbocycles. The minimum Gasteiger partial charge on any atom is -0.497 e. The number of halogens is 1. The summed E-state index contributed by atoms with van der Waals surface area (Å²) in [7, 11) is 1.70. The number of benzene rings is 2. The molecule has 0 atom stereocenters. The Morgan fingerprint density at radius 1 is 1.20 bits per heavy atom. The van der Waals surface area contributed by atoms with Gasteiger partial charge in [-0.15, -0.1) is 24.2 Å². The van der Waals surface area contributed by atoms with Crippen molar-refractivity contribution in [2.75, 3.05) is 19.4 Å². The molecule has 0 radical (unpaired) electrons. The third-order valence-corrected chi connectivity index (χ3v) is 5.24. The molecule has 134 valence electrons. The monoisotopic (exact) mass is 379 g/mol. The Kier molecular flexibility index (Phi) is 7.62. The second-order valence-electron chi connectivity index (χ2n) is 5.71. The Bertz CT molecular complexity index is 711. The van der Waals surface area contributed by atoms with Crippen molar-refractivity contribution in [1.29, 1.82) is 0 Å². The molecule has 6 heteroatoms. The number of thioether (sulfide) groups is 1. The topological polar surface area (TPSA) is 38.8 Å². The second-order valence-corrected chi connectivity index (χ2v) is 6.85. The maximum Gasteiger partial charge on any atom is 0.293 e. The summed E-state index contributed by atoms with van der Waals surface area (Å²) in [6, 6.07) is 14.4. The lowest BCUT2D eigenvalue weighted by atomic mass is 10.1. The van der Waals surface area contributed by atoms with Crippen molar-refractivity contribution in [3.05, 3.63) is 59.2 Å². The molecule has 25 heavy (non-hydrogen) atoms. The lowest BCUT2D eigenvalue weighted by Crippen LogP contribution is -2.24. The molecule has 2 aromatic carbocycles. The molecule has 0 saturated heterocycles. The lowest BCUT2D eigenvalue weighted by Gasteiger charge is -2.22. The average molecular weight is 380 g/mol. The van der Waals surface area contributed by atoms with Gasteiger partial charge in [0.15, 0.2) is 0 Å².